The van der Waals surface area contributed by atoms with Crippen molar-refractivity contribution in [2.75, 3.05) is 0 Å². The van der Waals surface area contributed by atoms with Gasteiger partial charge < -0.3 is 17.7 Å². The van der Waals surface area contributed by atoms with Crippen LogP contribution in [0.3, 0.4) is 0 Å². The van der Waals surface area contributed by atoms with E-state index >= 15 is 0 Å². The molecule has 4 aliphatic rings. The minimum atomic E-state index is 0.827. The molecule has 4 aliphatic heterocycles. The molecule has 0 N–H and O–H groups in total. The van der Waals surface area contributed by atoms with Gasteiger partial charge in [0.25, 0.3) is 0 Å². The summed E-state index contributed by atoms with van der Waals surface area (Å²) in [6.07, 6.45) is 0. The van der Waals surface area contributed by atoms with Crippen molar-refractivity contribution in [1.29, 1.82) is 0 Å². The van der Waals surface area contributed by atoms with Crippen LogP contribution in [0.5, 0.6) is 0 Å². The van der Waals surface area contributed by atoms with E-state index in [9.17, 15) is 0 Å². The normalized spacial score (nSPS) is 12.7. The van der Waals surface area contributed by atoms with Gasteiger partial charge >= 0.3 is 0 Å². The standard InChI is InChI=1S/C68H34O4/c1-3-15-35(16-4-1)53-37-19-7-11-23-41(37)65-57-45(53)27-31-49-61(57)63-51(69-65)33-29-47-55(39-21-9-13-25-43(39)67(71-49)59(47)63)56-40-22-10-14-26-44(40)68-60-48(56)30-34-52-64(60)62-50(72-68)32-28-46-54(36-17-5-2-6-18-36)38-20-8-12-24-42(38)66(70-52)58(46)62/h1-34H. The van der Waals surface area contributed by atoms with Crippen LogP contribution in [0.15, 0.2) is 224 Å². The highest BCUT2D eigenvalue weighted by Gasteiger charge is 2.33. The molecule has 14 aromatic rings. The Morgan fingerprint density at radius 3 is 0.694 bits per heavy atom. The molecule has 4 nitrogen and oxygen atoms in total. The van der Waals surface area contributed by atoms with Gasteiger partial charge in [0, 0.05) is 65.3 Å². The maximum absolute atomic E-state index is 7.32. The van der Waals surface area contributed by atoms with Gasteiger partial charge in [0.15, 0.2) is 0 Å². The fraction of sp³-hybridized carbons (Fsp3) is 0. The third kappa shape index (κ3) is 4.46. The first-order valence-electron chi connectivity index (χ1n) is 24.7. The van der Waals surface area contributed by atoms with Gasteiger partial charge in [0.1, 0.15) is 44.7 Å². The van der Waals surface area contributed by atoms with Crippen molar-refractivity contribution in [3.05, 3.63) is 206 Å². The topological polar surface area (TPSA) is 52.6 Å². The highest BCUT2D eigenvalue weighted by atomic mass is 16.3. The van der Waals surface area contributed by atoms with Crippen LogP contribution in [0.2, 0.25) is 0 Å². The average Bonchev–Trinajstić information content (AvgIpc) is 3.45. The Kier molecular flexibility index (Phi) is 6.81. The Balaban J connectivity index is 1.01. The molecule has 330 valence electrons. The van der Waals surface area contributed by atoms with Gasteiger partial charge in [-0.15, -0.1) is 0 Å². The van der Waals surface area contributed by atoms with E-state index in [0.717, 1.165) is 164 Å². The van der Waals surface area contributed by atoms with Crippen molar-refractivity contribution < 1.29 is 17.7 Å². The van der Waals surface area contributed by atoms with Crippen molar-refractivity contribution in [2.24, 2.45) is 0 Å². The molecule has 0 aliphatic carbocycles. The van der Waals surface area contributed by atoms with E-state index in [-0.39, 0.29) is 0 Å². The Morgan fingerprint density at radius 1 is 0.167 bits per heavy atom. The first-order chi connectivity index (χ1) is 35.8. The first-order valence-corrected chi connectivity index (χ1v) is 24.7. The lowest BCUT2D eigenvalue weighted by molar-refractivity contribution is 0.650. The van der Waals surface area contributed by atoms with E-state index in [1.165, 1.54) is 22.3 Å². The molecule has 0 radical (unpaired) electrons. The Morgan fingerprint density at radius 2 is 0.403 bits per heavy atom. The van der Waals surface area contributed by atoms with Crippen LogP contribution < -0.4 is 0 Å². The van der Waals surface area contributed by atoms with E-state index in [4.69, 9.17) is 17.7 Å². The molecule has 0 aromatic heterocycles. The Labute approximate surface area is 408 Å². The number of hydrogen-bond donors (Lipinski definition) is 0. The van der Waals surface area contributed by atoms with Crippen molar-refractivity contribution >= 4 is 131 Å². The SMILES string of the molecule is c1ccc(-c2c3ccccc3c3oc4ccc5c(-c6c7ccccc7c7oc8ccc9c(-c%10ccccc%10)c%10ccccc%10c%10oc%11ccc6c7c%11-c8c9%10)c6ccccc6c6oc7ccc2c3c7-c4c56)cc1. The van der Waals surface area contributed by atoms with Gasteiger partial charge in [-0.1, -0.05) is 158 Å². The molecule has 14 aromatic carbocycles. The molecule has 0 amide bonds. The predicted molar refractivity (Wildman–Crippen MR) is 298 cm³/mol. The van der Waals surface area contributed by atoms with Crippen molar-refractivity contribution in [3.63, 3.8) is 0 Å². The molecule has 0 spiro atoms. The molecule has 0 saturated heterocycles. The van der Waals surface area contributed by atoms with Gasteiger partial charge in [-0.3, -0.25) is 0 Å². The fourth-order valence-electron chi connectivity index (χ4n) is 13.4. The van der Waals surface area contributed by atoms with Gasteiger partial charge in [-0.05, 0) is 125 Å². The summed E-state index contributed by atoms with van der Waals surface area (Å²) >= 11 is 0. The van der Waals surface area contributed by atoms with Gasteiger partial charge in [-0.2, -0.15) is 0 Å². The smallest absolute Gasteiger partial charge is 0.143 e. The zero-order chi connectivity index (χ0) is 46.5. The van der Waals surface area contributed by atoms with Crippen LogP contribution in [0, 0.1) is 0 Å². The van der Waals surface area contributed by atoms with Crippen molar-refractivity contribution in [2.45, 2.75) is 0 Å². The van der Waals surface area contributed by atoms with Gasteiger partial charge in [0.05, 0.1) is 0 Å². The molecule has 0 saturated carbocycles. The zero-order valence-electron chi connectivity index (χ0n) is 38.3. The molecule has 0 bridgehead atoms. The summed E-state index contributed by atoms with van der Waals surface area (Å²) in [5, 5.41) is 17.5. The lowest BCUT2D eigenvalue weighted by atomic mass is 9.80. The maximum Gasteiger partial charge on any atom is 0.143 e. The van der Waals surface area contributed by atoms with E-state index in [1.54, 1.807) is 0 Å². The zero-order valence-corrected chi connectivity index (χ0v) is 38.3. The monoisotopic (exact) mass is 914 g/mol. The quantitative estimate of drug-likeness (QED) is 0.131. The summed E-state index contributed by atoms with van der Waals surface area (Å²) < 4.78 is 29.2. The highest BCUT2D eigenvalue weighted by Crippen LogP contribution is 2.58. The van der Waals surface area contributed by atoms with Gasteiger partial charge in [-0.25, -0.2) is 0 Å². The number of hydrogen-bond acceptors (Lipinski definition) is 4. The summed E-state index contributed by atoms with van der Waals surface area (Å²) in [6.45, 7) is 0. The largest absolute Gasteiger partial charge is 0.455 e. The molecular weight excluding hydrogens is 881 g/mol. The van der Waals surface area contributed by atoms with Gasteiger partial charge in [0.2, 0.25) is 0 Å². The Hall–Kier alpha value is -9.64. The first kappa shape index (κ1) is 37.3. The van der Waals surface area contributed by atoms with Crippen molar-refractivity contribution in [3.8, 4) is 55.6 Å². The number of benzene rings is 14. The average molecular weight is 915 g/mol. The van der Waals surface area contributed by atoms with E-state index < -0.39 is 0 Å². The number of fused-ring (bicyclic) bond motifs is 8. The third-order valence-corrected chi connectivity index (χ3v) is 16.1. The minimum Gasteiger partial charge on any atom is -0.455 e. The highest BCUT2D eigenvalue weighted by molar-refractivity contribution is 6.39. The van der Waals surface area contributed by atoms with Crippen LogP contribution in [0.4, 0.5) is 0 Å². The third-order valence-electron chi connectivity index (χ3n) is 16.1. The summed E-state index contributed by atoms with van der Waals surface area (Å²) in [4.78, 5) is 0. The molecule has 72 heavy (non-hydrogen) atoms. The summed E-state index contributed by atoms with van der Waals surface area (Å²) in [5.41, 5.74) is 18.0. The molecular formula is C68H34O4. The molecule has 0 unspecified atom stereocenters. The molecule has 18 rings (SSSR count). The van der Waals surface area contributed by atoms with E-state index in [0.29, 0.717) is 0 Å². The Bertz CT molecular complexity index is 4920. The van der Waals surface area contributed by atoms with Crippen LogP contribution >= 0.6 is 0 Å². The maximum atomic E-state index is 7.32. The number of rotatable bonds is 3. The fourth-order valence-corrected chi connectivity index (χ4v) is 13.4. The molecule has 0 atom stereocenters. The second-order valence-corrected chi connectivity index (χ2v) is 19.6. The second-order valence-electron chi connectivity index (χ2n) is 19.6. The van der Waals surface area contributed by atoms with Crippen LogP contribution in [0.25, 0.3) is 186 Å². The lowest BCUT2D eigenvalue weighted by Crippen LogP contribution is -2.00. The van der Waals surface area contributed by atoms with Crippen LogP contribution in [0.1, 0.15) is 0 Å². The molecule has 0 fully saturated rings. The summed E-state index contributed by atoms with van der Waals surface area (Å²) in [5.74, 6) is 0. The summed E-state index contributed by atoms with van der Waals surface area (Å²) in [6, 6.07) is 74.0. The van der Waals surface area contributed by atoms with E-state index in [1.807, 2.05) is 0 Å². The lowest BCUT2D eigenvalue weighted by Gasteiger charge is -2.26. The minimum absolute atomic E-state index is 0.827. The molecule has 4 heterocycles. The van der Waals surface area contributed by atoms with Crippen LogP contribution in [-0.2, 0) is 0 Å². The predicted octanol–water partition coefficient (Wildman–Crippen LogP) is 20.0. The summed E-state index contributed by atoms with van der Waals surface area (Å²) in [7, 11) is 0. The van der Waals surface area contributed by atoms with Crippen LogP contribution in [-0.4, -0.2) is 0 Å². The molecule has 4 heteroatoms. The van der Waals surface area contributed by atoms with Crippen molar-refractivity contribution in [1.82, 2.24) is 0 Å². The van der Waals surface area contributed by atoms with E-state index in [2.05, 4.69) is 206 Å². The second kappa shape index (κ2) is 13.2.